The van der Waals surface area contributed by atoms with Crippen LogP contribution in [0, 0.1) is 0 Å². The average Bonchev–Trinajstić information content (AvgIpc) is 2.37. The normalized spacial score (nSPS) is 12.0. The van der Waals surface area contributed by atoms with Gasteiger partial charge in [0.25, 0.3) is 5.91 Å². The fourth-order valence-electron chi connectivity index (χ4n) is 1.34. The van der Waals surface area contributed by atoms with Gasteiger partial charge in [0, 0.05) is 30.9 Å². The monoisotopic (exact) mass is 315 g/mol. The number of ether oxygens (including phenoxy) is 1. The predicted octanol–water partition coefficient (Wildman–Crippen LogP) is 2.04. The van der Waals surface area contributed by atoms with Crippen molar-refractivity contribution in [1.82, 2.24) is 10.3 Å². The van der Waals surface area contributed by atoms with E-state index in [9.17, 15) is 4.79 Å². The summed E-state index contributed by atoms with van der Waals surface area (Å²) in [5, 5.41) is 5.87. The molecule has 100 valence electrons. The Balaban J connectivity index is 2.79. The third-order valence-electron chi connectivity index (χ3n) is 2.40. The molecular weight excluding hydrogens is 298 g/mol. The second-order valence-electron chi connectivity index (χ2n) is 3.84. The summed E-state index contributed by atoms with van der Waals surface area (Å²) in [6.07, 6.45) is 1.64. The van der Waals surface area contributed by atoms with Crippen LogP contribution >= 0.6 is 15.9 Å². The first-order valence-corrected chi connectivity index (χ1v) is 6.58. The van der Waals surface area contributed by atoms with Crippen molar-refractivity contribution in [2.45, 2.75) is 20.0 Å². The van der Waals surface area contributed by atoms with Crippen molar-refractivity contribution in [1.29, 1.82) is 0 Å². The molecule has 5 nitrogen and oxygen atoms in total. The highest BCUT2D eigenvalue weighted by atomic mass is 79.9. The smallest absolute Gasteiger partial charge is 0.255 e. The number of halogens is 1. The zero-order valence-electron chi connectivity index (χ0n) is 10.8. The Morgan fingerprint density at radius 3 is 2.94 bits per heavy atom. The molecule has 2 N–H and O–H groups in total. The van der Waals surface area contributed by atoms with Gasteiger partial charge in [-0.3, -0.25) is 4.79 Å². The van der Waals surface area contributed by atoms with Crippen molar-refractivity contribution in [2.75, 3.05) is 25.5 Å². The largest absolute Gasteiger partial charge is 0.380 e. The molecule has 0 saturated carbocycles. The highest BCUT2D eigenvalue weighted by Crippen LogP contribution is 2.17. The highest BCUT2D eigenvalue weighted by molar-refractivity contribution is 9.10. The molecule has 0 fully saturated rings. The summed E-state index contributed by atoms with van der Waals surface area (Å²) < 4.78 is 5.85. The summed E-state index contributed by atoms with van der Waals surface area (Å²) in [5.74, 6) is 0.423. The van der Waals surface area contributed by atoms with Crippen molar-refractivity contribution in [3.8, 4) is 0 Å². The van der Waals surface area contributed by atoms with E-state index in [-0.39, 0.29) is 12.0 Å². The van der Waals surface area contributed by atoms with Crippen molar-refractivity contribution < 1.29 is 9.53 Å². The van der Waals surface area contributed by atoms with E-state index >= 15 is 0 Å². The van der Waals surface area contributed by atoms with Gasteiger partial charge in [-0.15, -0.1) is 0 Å². The average molecular weight is 316 g/mol. The molecule has 0 saturated heterocycles. The molecule has 18 heavy (non-hydrogen) atoms. The molecule has 0 bridgehead atoms. The lowest BCUT2D eigenvalue weighted by Gasteiger charge is -2.13. The minimum atomic E-state index is -0.163. The fraction of sp³-hybridized carbons (Fsp3) is 0.500. The van der Waals surface area contributed by atoms with E-state index < -0.39 is 0 Å². The second-order valence-corrected chi connectivity index (χ2v) is 4.75. The Morgan fingerprint density at radius 1 is 1.61 bits per heavy atom. The number of nitrogens with one attached hydrogen (secondary N) is 2. The molecule has 6 heteroatoms. The van der Waals surface area contributed by atoms with Crippen LogP contribution in [0.5, 0.6) is 0 Å². The minimum absolute atomic E-state index is 0.0170. The van der Waals surface area contributed by atoms with Crippen LogP contribution in [0.2, 0.25) is 0 Å². The molecule has 0 spiro atoms. The number of methoxy groups -OCH3 is 1. The van der Waals surface area contributed by atoms with E-state index in [1.807, 2.05) is 13.8 Å². The number of rotatable bonds is 6. The molecule has 1 unspecified atom stereocenters. The first kappa shape index (κ1) is 14.9. The van der Waals surface area contributed by atoms with Crippen LogP contribution in [0.3, 0.4) is 0 Å². The van der Waals surface area contributed by atoms with Crippen LogP contribution in [-0.2, 0) is 4.74 Å². The van der Waals surface area contributed by atoms with Crippen LogP contribution in [0.25, 0.3) is 0 Å². The maximum atomic E-state index is 12.0. The van der Waals surface area contributed by atoms with Crippen molar-refractivity contribution in [3.63, 3.8) is 0 Å². The standard InChI is InChI=1S/C12H18BrN3O2/c1-4-14-11-10(5-9(13)7-15-11)12(17)16-6-8(2)18-3/h5,7-8H,4,6H2,1-3H3,(H,14,15)(H,16,17). The van der Waals surface area contributed by atoms with Gasteiger partial charge >= 0.3 is 0 Å². The first-order chi connectivity index (χ1) is 8.58. The van der Waals surface area contributed by atoms with E-state index in [0.29, 0.717) is 24.5 Å². The van der Waals surface area contributed by atoms with Gasteiger partial charge in [0.2, 0.25) is 0 Å². The lowest BCUT2D eigenvalue weighted by molar-refractivity contribution is 0.0871. The van der Waals surface area contributed by atoms with E-state index in [1.165, 1.54) is 0 Å². The number of nitrogens with zero attached hydrogens (tertiary/aromatic N) is 1. The summed E-state index contributed by atoms with van der Waals surface area (Å²) in [7, 11) is 1.61. The Kier molecular flexibility index (Phi) is 6.07. The molecule has 1 rings (SSSR count). The fourth-order valence-corrected chi connectivity index (χ4v) is 1.67. The third-order valence-corrected chi connectivity index (χ3v) is 2.83. The summed E-state index contributed by atoms with van der Waals surface area (Å²) in [5.41, 5.74) is 0.523. The van der Waals surface area contributed by atoms with Gasteiger partial charge in [0.1, 0.15) is 5.82 Å². The van der Waals surface area contributed by atoms with E-state index in [1.54, 1.807) is 19.4 Å². The topological polar surface area (TPSA) is 63.2 Å². The molecule has 1 aromatic rings. The van der Waals surface area contributed by atoms with E-state index in [4.69, 9.17) is 4.74 Å². The molecule has 0 aromatic carbocycles. The molecule has 0 aliphatic heterocycles. The number of hydrogen-bond acceptors (Lipinski definition) is 4. The van der Waals surface area contributed by atoms with Gasteiger partial charge < -0.3 is 15.4 Å². The van der Waals surface area contributed by atoms with Gasteiger partial charge in [-0.25, -0.2) is 4.98 Å². The number of amides is 1. The van der Waals surface area contributed by atoms with Crippen LogP contribution < -0.4 is 10.6 Å². The Labute approximate surface area is 115 Å². The van der Waals surface area contributed by atoms with Crippen molar-refractivity contribution in [3.05, 3.63) is 22.3 Å². The van der Waals surface area contributed by atoms with Gasteiger partial charge in [-0.1, -0.05) is 0 Å². The zero-order valence-corrected chi connectivity index (χ0v) is 12.4. The SMILES string of the molecule is CCNc1ncc(Br)cc1C(=O)NCC(C)OC. The van der Waals surface area contributed by atoms with Crippen LogP contribution in [-0.4, -0.2) is 37.2 Å². The third kappa shape index (κ3) is 4.27. The number of aromatic nitrogens is 1. The van der Waals surface area contributed by atoms with Crippen molar-refractivity contribution in [2.24, 2.45) is 0 Å². The molecule has 1 atom stereocenters. The molecule has 0 radical (unpaired) electrons. The Morgan fingerprint density at radius 2 is 2.33 bits per heavy atom. The molecule has 0 aliphatic carbocycles. The maximum Gasteiger partial charge on any atom is 0.255 e. The van der Waals surface area contributed by atoms with Gasteiger partial charge in [0.15, 0.2) is 0 Å². The lowest BCUT2D eigenvalue weighted by Crippen LogP contribution is -2.32. The summed E-state index contributed by atoms with van der Waals surface area (Å²) in [6.45, 7) is 5.03. The number of carbonyl (C=O) groups is 1. The molecule has 0 aliphatic rings. The summed E-state index contributed by atoms with van der Waals surface area (Å²) >= 11 is 3.31. The molecule has 1 amide bonds. The highest BCUT2D eigenvalue weighted by Gasteiger charge is 2.13. The van der Waals surface area contributed by atoms with E-state index in [2.05, 4.69) is 31.5 Å². The van der Waals surface area contributed by atoms with Crippen LogP contribution in [0.1, 0.15) is 24.2 Å². The molecule has 1 heterocycles. The molecule has 1 aromatic heterocycles. The number of anilines is 1. The van der Waals surface area contributed by atoms with E-state index in [0.717, 1.165) is 4.47 Å². The zero-order chi connectivity index (χ0) is 13.5. The first-order valence-electron chi connectivity index (χ1n) is 5.78. The minimum Gasteiger partial charge on any atom is -0.380 e. The second kappa shape index (κ2) is 7.33. The quantitative estimate of drug-likeness (QED) is 0.843. The number of pyridine rings is 1. The number of hydrogen-bond donors (Lipinski definition) is 2. The summed E-state index contributed by atoms with van der Waals surface area (Å²) in [6, 6.07) is 1.75. The maximum absolute atomic E-state index is 12.0. The van der Waals surface area contributed by atoms with Crippen LogP contribution in [0.15, 0.2) is 16.7 Å². The van der Waals surface area contributed by atoms with Crippen LogP contribution in [0.4, 0.5) is 5.82 Å². The lowest BCUT2D eigenvalue weighted by atomic mass is 10.2. The predicted molar refractivity (Wildman–Crippen MR) is 74.9 cm³/mol. The number of carbonyl (C=O) groups excluding carboxylic acids is 1. The summed E-state index contributed by atoms with van der Waals surface area (Å²) in [4.78, 5) is 16.2. The molecular formula is C12H18BrN3O2. The Bertz CT molecular complexity index is 412. The van der Waals surface area contributed by atoms with Gasteiger partial charge in [-0.2, -0.15) is 0 Å². The van der Waals surface area contributed by atoms with Crippen molar-refractivity contribution >= 4 is 27.7 Å². The van der Waals surface area contributed by atoms with Gasteiger partial charge in [0.05, 0.1) is 11.7 Å². The Hall–Kier alpha value is -1.14. The van der Waals surface area contributed by atoms with Gasteiger partial charge in [-0.05, 0) is 35.8 Å².